The summed E-state index contributed by atoms with van der Waals surface area (Å²) in [6.07, 6.45) is -0.892. The Morgan fingerprint density at radius 3 is 2.31 bits per heavy atom. The lowest BCUT2D eigenvalue weighted by Crippen LogP contribution is -2.27. The van der Waals surface area contributed by atoms with Gasteiger partial charge in [0.25, 0.3) is 11.6 Å². The Bertz CT molecular complexity index is 987. The fraction of sp³-hybridized carbons (Fsp3) is 0.263. The molecule has 0 heterocycles. The summed E-state index contributed by atoms with van der Waals surface area (Å²) in [6, 6.07) is 5.15. The molecule has 0 spiro atoms. The number of hydrogen-bond donors (Lipinski definition) is 2. The van der Waals surface area contributed by atoms with Crippen molar-refractivity contribution in [3.63, 3.8) is 0 Å². The number of carbonyl (C=O) groups is 2. The van der Waals surface area contributed by atoms with Crippen molar-refractivity contribution in [3.05, 3.63) is 63.2 Å². The van der Waals surface area contributed by atoms with Crippen LogP contribution in [0.3, 0.4) is 0 Å². The molecule has 154 valence electrons. The van der Waals surface area contributed by atoms with Gasteiger partial charge in [0.2, 0.25) is 0 Å². The van der Waals surface area contributed by atoms with Crippen LogP contribution in [0.1, 0.15) is 36.7 Å². The van der Waals surface area contributed by atoms with E-state index in [-0.39, 0.29) is 22.5 Å². The molecule has 0 fully saturated rings. The largest absolute Gasteiger partial charge is 0.444 e. The highest BCUT2D eigenvalue weighted by molar-refractivity contribution is 6.05. The minimum Gasteiger partial charge on any atom is -0.444 e. The maximum absolute atomic E-state index is 14.0. The summed E-state index contributed by atoms with van der Waals surface area (Å²) in [5.74, 6) is -2.52. The van der Waals surface area contributed by atoms with Gasteiger partial charge in [-0.25, -0.2) is 13.6 Å². The van der Waals surface area contributed by atoms with E-state index < -0.39 is 39.8 Å². The number of amides is 2. The van der Waals surface area contributed by atoms with Crippen LogP contribution in [-0.2, 0) is 4.74 Å². The van der Waals surface area contributed by atoms with Gasteiger partial charge in [0, 0.05) is 17.3 Å². The molecule has 0 saturated carbocycles. The van der Waals surface area contributed by atoms with Crippen LogP contribution in [0.5, 0.6) is 0 Å². The highest BCUT2D eigenvalue weighted by Crippen LogP contribution is 2.25. The summed E-state index contributed by atoms with van der Waals surface area (Å²) in [5.41, 5.74) is -2.00. The van der Waals surface area contributed by atoms with Crippen molar-refractivity contribution >= 4 is 29.1 Å². The van der Waals surface area contributed by atoms with Crippen molar-refractivity contribution in [2.75, 3.05) is 10.6 Å². The Morgan fingerprint density at radius 1 is 1.07 bits per heavy atom. The van der Waals surface area contributed by atoms with Crippen molar-refractivity contribution in [3.8, 4) is 0 Å². The van der Waals surface area contributed by atoms with E-state index in [2.05, 4.69) is 10.6 Å². The molecule has 2 aromatic carbocycles. The lowest BCUT2D eigenvalue weighted by atomic mass is 10.1. The third-order valence-electron chi connectivity index (χ3n) is 3.64. The first-order valence-electron chi connectivity index (χ1n) is 8.43. The first-order chi connectivity index (χ1) is 13.4. The molecule has 2 rings (SSSR count). The van der Waals surface area contributed by atoms with E-state index in [1.54, 1.807) is 20.8 Å². The van der Waals surface area contributed by atoms with Crippen LogP contribution in [0.2, 0.25) is 0 Å². The second-order valence-corrected chi connectivity index (χ2v) is 7.13. The second-order valence-electron chi connectivity index (χ2n) is 7.13. The molecule has 0 aromatic heterocycles. The third kappa shape index (κ3) is 5.71. The van der Waals surface area contributed by atoms with E-state index in [1.807, 2.05) is 0 Å². The normalized spacial score (nSPS) is 11.0. The Morgan fingerprint density at radius 2 is 1.72 bits per heavy atom. The molecule has 0 unspecified atom stereocenters. The molecule has 0 radical (unpaired) electrons. The van der Waals surface area contributed by atoms with Gasteiger partial charge in [-0.3, -0.25) is 20.2 Å². The van der Waals surface area contributed by atoms with Gasteiger partial charge in [-0.2, -0.15) is 0 Å². The molecule has 0 aliphatic carbocycles. The third-order valence-corrected chi connectivity index (χ3v) is 3.64. The fourth-order valence-corrected chi connectivity index (χ4v) is 2.30. The van der Waals surface area contributed by atoms with Gasteiger partial charge in [-0.15, -0.1) is 0 Å². The van der Waals surface area contributed by atoms with E-state index in [4.69, 9.17) is 4.74 Å². The Labute approximate surface area is 165 Å². The number of nitro benzene ring substituents is 1. The zero-order valence-electron chi connectivity index (χ0n) is 16.1. The number of rotatable bonds is 4. The van der Waals surface area contributed by atoms with Crippen LogP contribution in [0.25, 0.3) is 0 Å². The van der Waals surface area contributed by atoms with E-state index in [0.29, 0.717) is 0 Å². The zero-order valence-corrected chi connectivity index (χ0v) is 16.1. The number of halogens is 2. The molecular formula is C19H19F2N3O5. The zero-order chi connectivity index (χ0) is 21.9. The number of nitrogens with zero attached hydrogens (tertiary/aromatic N) is 1. The van der Waals surface area contributed by atoms with Gasteiger partial charge < -0.3 is 10.1 Å². The Balaban J connectivity index is 2.23. The average molecular weight is 407 g/mol. The summed E-state index contributed by atoms with van der Waals surface area (Å²) in [7, 11) is 0. The SMILES string of the molecule is Cc1c(F)cc(C(=O)Nc2ccc(F)c(NC(=O)OC(C)(C)C)c2)cc1[N+](=O)[O-]. The van der Waals surface area contributed by atoms with Gasteiger partial charge in [0.1, 0.15) is 17.2 Å². The van der Waals surface area contributed by atoms with Crippen LogP contribution in [0.15, 0.2) is 30.3 Å². The number of benzene rings is 2. The van der Waals surface area contributed by atoms with Crippen LogP contribution in [-0.4, -0.2) is 22.5 Å². The Kier molecular flexibility index (Phi) is 6.15. The molecule has 0 aliphatic rings. The topological polar surface area (TPSA) is 111 Å². The van der Waals surface area contributed by atoms with Crippen molar-refractivity contribution < 1.29 is 28.0 Å². The predicted octanol–water partition coefficient (Wildman–Crippen LogP) is 4.78. The number of anilines is 2. The summed E-state index contributed by atoms with van der Waals surface area (Å²) in [6.45, 7) is 6.14. The summed E-state index contributed by atoms with van der Waals surface area (Å²) in [4.78, 5) is 34.4. The van der Waals surface area contributed by atoms with Crippen molar-refractivity contribution in [1.82, 2.24) is 0 Å². The summed E-state index contributed by atoms with van der Waals surface area (Å²) in [5, 5.41) is 15.6. The van der Waals surface area contributed by atoms with Gasteiger partial charge in [-0.05, 0) is 52.0 Å². The van der Waals surface area contributed by atoms with Gasteiger partial charge in [0.15, 0.2) is 0 Å². The molecule has 8 nitrogen and oxygen atoms in total. The molecule has 10 heteroatoms. The smallest absolute Gasteiger partial charge is 0.412 e. The molecular weight excluding hydrogens is 388 g/mol. The molecule has 0 saturated heterocycles. The maximum Gasteiger partial charge on any atom is 0.412 e. The fourth-order valence-electron chi connectivity index (χ4n) is 2.30. The number of hydrogen-bond acceptors (Lipinski definition) is 5. The molecule has 0 bridgehead atoms. The first kappa shape index (κ1) is 21.7. The lowest BCUT2D eigenvalue weighted by Gasteiger charge is -2.20. The molecule has 0 aliphatic heterocycles. The van der Waals surface area contributed by atoms with Gasteiger partial charge in [0.05, 0.1) is 16.2 Å². The van der Waals surface area contributed by atoms with E-state index in [1.165, 1.54) is 13.0 Å². The number of nitrogens with one attached hydrogen (secondary N) is 2. The minimum absolute atomic E-state index is 0.0751. The van der Waals surface area contributed by atoms with Crippen molar-refractivity contribution in [2.24, 2.45) is 0 Å². The van der Waals surface area contributed by atoms with Crippen molar-refractivity contribution in [1.29, 1.82) is 0 Å². The molecule has 0 atom stereocenters. The lowest BCUT2D eigenvalue weighted by molar-refractivity contribution is -0.385. The van der Waals surface area contributed by atoms with Gasteiger partial charge >= 0.3 is 6.09 Å². The average Bonchev–Trinajstić information content (AvgIpc) is 2.58. The second kappa shape index (κ2) is 8.21. The van der Waals surface area contributed by atoms with Crippen LogP contribution < -0.4 is 10.6 Å². The highest BCUT2D eigenvalue weighted by atomic mass is 19.1. The first-order valence-corrected chi connectivity index (χ1v) is 8.43. The number of ether oxygens (including phenoxy) is 1. The summed E-state index contributed by atoms with van der Waals surface area (Å²) < 4.78 is 32.9. The van der Waals surface area contributed by atoms with E-state index >= 15 is 0 Å². The van der Waals surface area contributed by atoms with Crippen LogP contribution >= 0.6 is 0 Å². The van der Waals surface area contributed by atoms with Gasteiger partial charge in [-0.1, -0.05) is 0 Å². The number of nitro groups is 1. The monoisotopic (exact) mass is 407 g/mol. The summed E-state index contributed by atoms with van der Waals surface area (Å²) >= 11 is 0. The molecule has 2 N–H and O–H groups in total. The van der Waals surface area contributed by atoms with E-state index in [0.717, 1.165) is 24.3 Å². The standard InChI is InChI=1S/C19H19F2N3O5/c1-10-14(21)7-11(8-16(10)24(27)28)17(25)22-12-5-6-13(20)15(9-12)23-18(26)29-19(2,3)4/h5-9H,1-4H3,(H,22,25)(H,23,26). The molecule has 2 aromatic rings. The molecule has 29 heavy (non-hydrogen) atoms. The Hall–Kier alpha value is -3.56. The van der Waals surface area contributed by atoms with E-state index in [9.17, 15) is 28.5 Å². The predicted molar refractivity (Wildman–Crippen MR) is 102 cm³/mol. The van der Waals surface area contributed by atoms with Crippen molar-refractivity contribution in [2.45, 2.75) is 33.3 Å². The number of carbonyl (C=O) groups excluding carboxylic acids is 2. The minimum atomic E-state index is -0.907. The quantitative estimate of drug-likeness (QED) is 0.560. The molecule has 2 amide bonds. The van der Waals surface area contributed by atoms with Crippen LogP contribution in [0.4, 0.5) is 30.6 Å². The maximum atomic E-state index is 14.0. The van der Waals surface area contributed by atoms with Crippen LogP contribution in [0, 0.1) is 28.7 Å². The highest BCUT2D eigenvalue weighted by Gasteiger charge is 2.21.